The van der Waals surface area contributed by atoms with Gasteiger partial charge < -0.3 is 15.4 Å². The fraction of sp³-hybridized carbons (Fsp3) is 0.562. The van der Waals surface area contributed by atoms with Crippen molar-refractivity contribution in [2.24, 2.45) is 0 Å². The van der Waals surface area contributed by atoms with Gasteiger partial charge >= 0.3 is 0 Å². The molecule has 0 heterocycles. The second-order valence-electron chi connectivity index (χ2n) is 4.95. The van der Waals surface area contributed by atoms with Crippen LogP contribution >= 0.6 is 0 Å². The first-order chi connectivity index (χ1) is 9.67. The standard InChI is InChI=1S/C16H26N2O2/c1-4-10-17-13(2)14-7-5-8-15(12-14)18-16(19)9-6-11-20-3/h5,7-8,12-13,17H,4,6,9-11H2,1-3H3,(H,18,19). The average Bonchev–Trinajstić information content (AvgIpc) is 2.45. The second-order valence-corrected chi connectivity index (χ2v) is 4.95. The number of benzene rings is 1. The van der Waals surface area contributed by atoms with Crippen LogP contribution < -0.4 is 10.6 Å². The van der Waals surface area contributed by atoms with Crippen LogP contribution in [0.15, 0.2) is 24.3 Å². The third kappa shape index (κ3) is 6.17. The summed E-state index contributed by atoms with van der Waals surface area (Å²) in [6.45, 7) is 5.89. The zero-order valence-corrected chi connectivity index (χ0v) is 12.7. The normalized spacial score (nSPS) is 12.2. The van der Waals surface area contributed by atoms with Crippen LogP contribution in [-0.4, -0.2) is 26.2 Å². The molecular weight excluding hydrogens is 252 g/mol. The van der Waals surface area contributed by atoms with Crippen molar-refractivity contribution in [2.45, 2.75) is 39.2 Å². The van der Waals surface area contributed by atoms with Crippen LogP contribution in [0, 0.1) is 0 Å². The van der Waals surface area contributed by atoms with E-state index in [4.69, 9.17) is 4.74 Å². The van der Waals surface area contributed by atoms with Gasteiger partial charge in [0.1, 0.15) is 0 Å². The van der Waals surface area contributed by atoms with Gasteiger partial charge in [0, 0.05) is 31.9 Å². The number of rotatable bonds is 9. The van der Waals surface area contributed by atoms with Gasteiger partial charge in [-0.15, -0.1) is 0 Å². The molecule has 0 aromatic heterocycles. The molecule has 0 radical (unpaired) electrons. The highest BCUT2D eigenvalue weighted by Crippen LogP contribution is 2.17. The van der Waals surface area contributed by atoms with Crippen molar-refractivity contribution < 1.29 is 9.53 Å². The first-order valence-corrected chi connectivity index (χ1v) is 7.29. The summed E-state index contributed by atoms with van der Waals surface area (Å²) in [5.74, 6) is 0.0355. The molecule has 0 aliphatic heterocycles. The Hall–Kier alpha value is -1.39. The highest BCUT2D eigenvalue weighted by atomic mass is 16.5. The van der Waals surface area contributed by atoms with Crippen molar-refractivity contribution in [2.75, 3.05) is 25.6 Å². The molecule has 1 aromatic carbocycles. The number of hydrogen-bond acceptors (Lipinski definition) is 3. The van der Waals surface area contributed by atoms with Crippen molar-refractivity contribution in [3.05, 3.63) is 29.8 Å². The number of carbonyl (C=O) groups is 1. The van der Waals surface area contributed by atoms with Gasteiger partial charge in [0.15, 0.2) is 0 Å². The zero-order valence-electron chi connectivity index (χ0n) is 12.7. The molecule has 4 nitrogen and oxygen atoms in total. The third-order valence-electron chi connectivity index (χ3n) is 3.12. The minimum atomic E-state index is 0.0355. The molecule has 112 valence electrons. The summed E-state index contributed by atoms with van der Waals surface area (Å²) in [6.07, 6.45) is 2.35. The maximum atomic E-state index is 11.8. The molecule has 0 saturated carbocycles. The molecule has 2 N–H and O–H groups in total. The minimum Gasteiger partial charge on any atom is -0.385 e. The third-order valence-corrected chi connectivity index (χ3v) is 3.12. The molecule has 1 aromatic rings. The van der Waals surface area contributed by atoms with Crippen molar-refractivity contribution in [3.8, 4) is 0 Å². The molecule has 1 amide bonds. The molecule has 1 unspecified atom stereocenters. The van der Waals surface area contributed by atoms with Gasteiger partial charge in [0.2, 0.25) is 5.91 Å². The van der Waals surface area contributed by atoms with Crippen LogP contribution in [0.3, 0.4) is 0 Å². The van der Waals surface area contributed by atoms with E-state index in [-0.39, 0.29) is 5.91 Å². The molecule has 0 spiro atoms. The Balaban J connectivity index is 2.52. The van der Waals surface area contributed by atoms with E-state index >= 15 is 0 Å². The van der Waals surface area contributed by atoms with E-state index in [0.29, 0.717) is 19.1 Å². The van der Waals surface area contributed by atoms with Crippen molar-refractivity contribution in [1.29, 1.82) is 0 Å². The molecule has 0 fully saturated rings. The number of anilines is 1. The van der Waals surface area contributed by atoms with Gasteiger partial charge in [-0.1, -0.05) is 19.1 Å². The summed E-state index contributed by atoms with van der Waals surface area (Å²) >= 11 is 0. The molecule has 1 rings (SSSR count). The van der Waals surface area contributed by atoms with Gasteiger partial charge in [0.05, 0.1) is 0 Å². The number of methoxy groups -OCH3 is 1. The summed E-state index contributed by atoms with van der Waals surface area (Å²) in [6, 6.07) is 8.30. The van der Waals surface area contributed by atoms with Crippen molar-refractivity contribution in [3.63, 3.8) is 0 Å². The van der Waals surface area contributed by atoms with E-state index in [0.717, 1.165) is 25.1 Å². The predicted molar refractivity (Wildman–Crippen MR) is 82.9 cm³/mol. The van der Waals surface area contributed by atoms with E-state index in [9.17, 15) is 4.79 Å². The largest absolute Gasteiger partial charge is 0.385 e. The maximum absolute atomic E-state index is 11.8. The SMILES string of the molecule is CCCNC(C)c1cccc(NC(=O)CCCOC)c1. The summed E-state index contributed by atoms with van der Waals surface area (Å²) < 4.78 is 4.94. The maximum Gasteiger partial charge on any atom is 0.224 e. The smallest absolute Gasteiger partial charge is 0.224 e. The highest BCUT2D eigenvalue weighted by Gasteiger charge is 2.06. The Morgan fingerprint density at radius 1 is 1.40 bits per heavy atom. The van der Waals surface area contributed by atoms with E-state index in [2.05, 4.69) is 30.5 Å². The number of nitrogens with one attached hydrogen (secondary N) is 2. The monoisotopic (exact) mass is 278 g/mol. The topological polar surface area (TPSA) is 50.4 Å². The Labute approximate surface area is 121 Å². The predicted octanol–water partition coefficient (Wildman–Crippen LogP) is 3.11. The Bertz CT molecular complexity index is 407. The summed E-state index contributed by atoms with van der Waals surface area (Å²) in [5, 5.41) is 6.37. The van der Waals surface area contributed by atoms with Crippen molar-refractivity contribution in [1.82, 2.24) is 5.32 Å². The fourth-order valence-electron chi connectivity index (χ4n) is 1.97. The second kappa shape index (κ2) is 9.50. The van der Waals surface area contributed by atoms with Crippen LogP contribution in [0.1, 0.15) is 44.7 Å². The van der Waals surface area contributed by atoms with Gasteiger partial charge in [-0.05, 0) is 44.0 Å². The van der Waals surface area contributed by atoms with Gasteiger partial charge in [0.25, 0.3) is 0 Å². The number of carbonyl (C=O) groups excluding carboxylic acids is 1. The summed E-state index contributed by atoms with van der Waals surface area (Å²) in [4.78, 5) is 11.8. The lowest BCUT2D eigenvalue weighted by atomic mass is 10.1. The fourth-order valence-corrected chi connectivity index (χ4v) is 1.97. The molecule has 0 saturated heterocycles. The quantitative estimate of drug-likeness (QED) is 0.682. The Kier molecular flexibility index (Phi) is 7.92. The van der Waals surface area contributed by atoms with E-state index in [1.165, 1.54) is 5.56 Å². The van der Waals surface area contributed by atoms with Gasteiger partial charge in [-0.2, -0.15) is 0 Å². The first-order valence-electron chi connectivity index (χ1n) is 7.29. The molecule has 20 heavy (non-hydrogen) atoms. The molecule has 0 aliphatic rings. The summed E-state index contributed by atoms with van der Waals surface area (Å²) in [7, 11) is 1.64. The molecule has 4 heteroatoms. The Morgan fingerprint density at radius 3 is 2.90 bits per heavy atom. The van der Waals surface area contributed by atoms with Crippen LogP contribution in [0.5, 0.6) is 0 Å². The number of ether oxygens (including phenoxy) is 1. The molecule has 0 bridgehead atoms. The highest BCUT2D eigenvalue weighted by molar-refractivity contribution is 5.90. The number of amides is 1. The lowest BCUT2D eigenvalue weighted by molar-refractivity contribution is -0.116. The number of hydrogen-bond donors (Lipinski definition) is 2. The lowest BCUT2D eigenvalue weighted by Gasteiger charge is -2.15. The van der Waals surface area contributed by atoms with Crippen LogP contribution in [-0.2, 0) is 9.53 Å². The van der Waals surface area contributed by atoms with Crippen LogP contribution in [0.2, 0.25) is 0 Å². The van der Waals surface area contributed by atoms with E-state index in [1.807, 2.05) is 18.2 Å². The lowest BCUT2D eigenvalue weighted by Crippen LogP contribution is -2.19. The van der Waals surface area contributed by atoms with Gasteiger partial charge in [-0.3, -0.25) is 4.79 Å². The average molecular weight is 278 g/mol. The first kappa shape index (κ1) is 16.7. The zero-order chi connectivity index (χ0) is 14.8. The van der Waals surface area contributed by atoms with Crippen LogP contribution in [0.25, 0.3) is 0 Å². The Morgan fingerprint density at radius 2 is 2.20 bits per heavy atom. The minimum absolute atomic E-state index is 0.0355. The van der Waals surface area contributed by atoms with E-state index < -0.39 is 0 Å². The molecular formula is C16H26N2O2. The molecule has 0 aliphatic carbocycles. The van der Waals surface area contributed by atoms with E-state index in [1.54, 1.807) is 7.11 Å². The van der Waals surface area contributed by atoms with Crippen LogP contribution in [0.4, 0.5) is 5.69 Å². The van der Waals surface area contributed by atoms with Gasteiger partial charge in [-0.25, -0.2) is 0 Å². The van der Waals surface area contributed by atoms with Crippen molar-refractivity contribution >= 4 is 11.6 Å². The molecule has 1 atom stereocenters. The summed E-state index contributed by atoms with van der Waals surface area (Å²) in [5.41, 5.74) is 2.04.